The quantitative estimate of drug-likeness (QED) is 0.871. The third-order valence-corrected chi connectivity index (χ3v) is 4.05. The van der Waals surface area contributed by atoms with E-state index in [0.29, 0.717) is 0 Å². The van der Waals surface area contributed by atoms with Crippen LogP contribution in [0.25, 0.3) is 0 Å². The lowest BCUT2D eigenvalue weighted by Gasteiger charge is -2.49. The third kappa shape index (κ3) is 2.68. The van der Waals surface area contributed by atoms with Crippen molar-refractivity contribution in [3.05, 3.63) is 29.8 Å². The first kappa shape index (κ1) is 13.4. The molecule has 0 saturated heterocycles. The number of hydrogen-bond acceptors (Lipinski definition) is 3. The van der Waals surface area contributed by atoms with Gasteiger partial charge in [-0.25, -0.2) is 0 Å². The lowest BCUT2D eigenvalue weighted by Crippen LogP contribution is -2.60. The van der Waals surface area contributed by atoms with Gasteiger partial charge in [0.2, 0.25) is 0 Å². The van der Waals surface area contributed by atoms with Gasteiger partial charge in [0.25, 0.3) is 0 Å². The Bertz CT molecular complexity index is 386. The van der Waals surface area contributed by atoms with Gasteiger partial charge >= 0.3 is 0 Å². The van der Waals surface area contributed by atoms with Crippen molar-refractivity contribution >= 4 is 0 Å². The summed E-state index contributed by atoms with van der Waals surface area (Å²) in [6.07, 6.45) is 2.12. The first-order valence-corrected chi connectivity index (χ1v) is 6.54. The topological polar surface area (TPSA) is 44.5 Å². The van der Waals surface area contributed by atoms with Crippen molar-refractivity contribution in [2.24, 2.45) is 11.1 Å². The molecule has 1 aliphatic rings. The molecule has 2 rings (SSSR count). The van der Waals surface area contributed by atoms with Crippen molar-refractivity contribution in [3.63, 3.8) is 0 Å². The van der Waals surface area contributed by atoms with Gasteiger partial charge in [-0.05, 0) is 24.1 Å². The molecule has 0 heterocycles. The van der Waals surface area contributed by atoms with Crippen LogP contribution in [0, 0.1) is 5.41 Å². The smallest absolute Gasteiger partial charge is 0.119 e. The molecule has 1 aromatic rings. The molecule has 0 radical (unpaired) electrons. The van der Waals surface area contributed by atoms with Crippen molar-refractivity contribution in [2.75, 3.05) is 13.7 Å². The van der Waals surface area contributed by atoms with Crippen molar-refractivity contribution in [1.82, 2.24) is 0 Å². The highest BCUT2D eigenvalue weighted by atomic mass is 16.5. The monoisotopic (exact) mass is 249 g/mol. The van der Waals surface area contributed by atoms with E-state index in [1.165, 1.54) is 5.56 Å². The molecular weight excluding hydrogens is 226 g/mol. The molecule has 3 heteroatoms. The minimum atomic E-state index is 0.0781. The Balaban J connectivity index is 1.91. The minimum Gasteiger partial charge on any atom is -0.490 e. The van der Waals surface area contributed by atoms with Gasteiger partial charge in [0.15, 0.2) is 0 Å². The van der Waals surface area contributed by atoms with Gasteiger partial charge in [-0.15, -0.1) is 0 Å². The van der Waals surface area contributed by atoms with Crippen LogP contribution in [-0.4, -0.2) is 25.9 Å². The molecule has 0 bridgehead atoms. The first-order valence-electron chi connectivity index (χ1n) is 6.54. The summed E-state index contributed by atoms with van der Waals surface area (Å²) in [6.45, 7) is 5.09. The van der Waals surface area contributed by atoms with E-state index in [0.717, 1.165) is 25.2 Å². The van der Waals surface area contributed by atoms with Crippen molar-refractivity contribution in [2.45, 2.75) is 38.8 Å². The molecule has 1 aromatic carbocycles. The van der Waals surface area contributed by atoms with E-state index in [9.17, 15) is 0 Å². The molecule has 1 fully saturated rings. The maximum absolute atomic E-state index is 5.99. The standard InChI is InChI=1S/C15H23NO2/c1-15(2)13(16)10-14(15)18-12-6-4-11(5-7-12)8-9-17-3/h4-7,13-14H,8-10,16H2,1-3H3. The van der Waals surface area contributed by atoms with Crippen LogP contribution in [0.1, 0.15) is 25.8 Å². The van der Waals surface area contributed by atoms with E-state index < -0.39 is 0 Å². The highest BCUT2D eigenvalue weighted by Crippen LogP contribution is 2.41. The number of hydrogen-bond donors (Lipinski definition) is 1. The molecule has 0 amide bonds. The van der Waals surface area contributed by atoms with Gasteiger partial charge in [0, 0.05) is 25.0 Å². The van der Waals surface area contributed by atoms with Gasteiger partial charge in [0.1, 0.15) is 11.9 Å². The Morgan fingerprint density at radius 3 is 2.44 bits per heavy atom. The lowest BCUT2D eigenvalue weighted by atomic mass is 9.65. The molecule has 2 N–H and O–H groups in total. The average Bonchev–Trinajstić information content (AvgIpc) is 2.37. The fourth-order valence-electron chi connectivity index (χ4n) is 2.24. The Hall–Kier alpha value is -1.06. The summed E-state index contributed by atoms with van der Waals surface area (Å²) in [7, 11) is 1.72. The summed E-state index contributed by atoms with van der Waals surface area (Å²) in [4.78, 5) is 0. The molecule has 100 valence electrons. The second-order valence-corrected chi connectivity index (χ2v) is 5.66. The van der Waals surface area contributed by atoms with Crippen molar-refractivity contribution in [3.8, 4) is 5.75 Å². The normalized spacial score (nSPS) is 25.6. The van der Waals surface area contributed by atoms with E-state index in [-0.39, 0.29) is 17.6 Å². The third-order valence-electron chi connectivity index (χ3n) is 4.05. The summed E-state index contributed by atoms with van der Waals surface area (Å²) in [5.41, 5.74) is 7.34. The number of methoxy groups -OCH3 is 1. The molecular formula is C15H23NO2. The van der Waals surface area contributed by atoms with Crippen molar-refractivity contribution < 1.29 is 9.47 Å². The maximum atomic E-state index is 5.99. The van der Waals surface area contributed by atoms with Gasteiger partial charge in [-0.3, -0.25) is 0 Å². The largest absolute Gasteiger partial charge is 0.490 e. The molecule has 1 saturated carbocycles. The molecule has 0 spiro atoms. The summed E-state index contributed by atoms with van der Waals surface area (Å²) < 4.78 is 11.0. The zero-order chi connectivity index (χ0) is 13.2. The van der Waals surface area contributed by atoms with E-state index in [4.69, 9.17) is 15.2 Å². The van der Waals surface area contributed by atoms with Crippen LogP contribution in [0.4, 0.5) is 0 Å². The summed E-state index contributed by atoms with van der Waals surface area (Å²) in [5, 5.41) is 0. The van der Waals surface area contributed by atoms with Crippen LogP contribution in [0.15, 0.2) is 24.3 Å². The molecule has 18 heavy (non-hydrogen) atoms. The van der Waals surface area contributed by atoms with Crippen LogP contribution in [0.2, 0.25) is 0 Å². The zero-order valence-electron chi connectivity index (χ0n) is 11.5. The molecule has 2 unspecified atom stereocenters. The van der Waals surface area contributed by atoms with E-state index in [1.807, 2.05) is 12.1 Å². The van der Waals surface area contributed by atoms with Gasteiger partial charge in [-0.1, -0.05) is 26.0 Å². The molecule has 2 atom stereocenters. The van der Waals surface area contributed by atoms with E-state index in [2.05, 4.69) is 26.0 Å². The lowest BCUT2D eigenvalue weighted by molar-refractivity contribution is -0.0399. The summed E-state index contributed by atoms with van der Waals surface area (Å²) >= 11 is 0. The fraction of sp³-hybridized carbons (Fsp3) is 0.600. The number of benzene rings is 1. The Morgan fingerprint density at radius 1 is 1.28 bits per heavy atom. The van der Waals surface area contributed by atoms with E-state index >= 15 is 0 Å². The molecule has 0 aliphatic heterocycles. The van der Waals surface area contributed by atoms with Crippen molar-refractivity contribution in [1.29, 1.82) is 0 Å². The second kappa shape index (κ2) is 5.29. The zero-order valence-corrected chi connectivity index (χ0v) is 11.5. The highest BCUT2D eigenvalue weighted by molar-refractivity contribution is 5.28. The number of rotatable bonds is 5. The molecule has 0 aromatic heterocycles. The minimum absolute atomic E-state index is 0.0781. The molecule has 3 nitrogen and oxygen atoms in total. The Labute approximate surface area is 109 Å². The molecule has 1 aliphatic carbocycles. The Morgan fingerprint density at radius 2 is 1.94 bits per heavy atom. The number of nitrogens with two attached hydrogens (primary N) is 1. The second-order valence-electron chi connectivity index (χ2n) is 5.66. The SMILES string of the molecule is COCCc1ccc(OC2CC(N)C2(C)C)cc1. The van der Waals surface area contributed by atoms with Gasteiger partial charge in [0.05, 0.1) is 6.61 Å². The summed E-state index contributed by atoms with van der Waals surface area (Å²) in [6, 6.07) is 8.51. The van der Waals surface area contributed by atoms with Crippen LogP contribution < -0.4 is 10.5 Å². The first-order chi connectivity index (χ1) is 8.54. The van der Waals surface area contributed by atoms with Crippen LogP contribution >= 0.6 is 0 Å². The Kier molecular flexibility index (Phi) is 3.93. The number of ether oxygens (including phenoxy) is 2. The average molecular weight is 249 g/mol. The van der Waals surface area contributed by atoms with Crippen LogP contribution in [0.3, 0.4) is 0 Å². The van der Waals surface area contributed by atoms with Crippen LogP contribution in [0.5, 0.6) is 5.75 Å². The van der Waals surface area contributed by atoms with Crippen LogP contribution in [-0.2, 0) is 11.2 Å². The fourth-order valence-corrected chi connectivity index (χ4v) is 2.24. The predicted molar refractivity (Wildman–Crippen MR) is 72.8 cm³/mol. The van der Waals surface area contributed by atoms with Gasteiger partial charge in [-0.2, -0.15) is 0 Å². The van der Waals surface area contributed by atoms with Gasteiger partial charge < -0.3 is 15.2 Å². The predicted octanol–water partition coefficient (Wildman–Crippen LogP) is 2.38. The summed E-state index contributed by atoms with van der Waals surface area (Å²) in [5.74, 6) is 0.932. The maximum Gasteiger partial charge on any atom is 0.119 e. The highest BCUT2D eigenvalue weighted by Gasteiger charge is 2.47. The van der Waals surface area contributed by atoms with E-state index in [1.54, 1.807) is 7.11 Å².